The Hall–Kier alpha value is -3.19. The predicted octanol–water partition coefficient (Wildman–Crippen LogP) is 4.13. The summed E-state index contributed by atoms with van der Waals surface area (Å²) in [4.78, 5) is 26.0. The summed E-state index contributed by atoms with van der Waals surface area (Å²) < 4.78 is 8.43. The average Bonchev–Trinajstić information content (AvgIpc) is 3.11. The van der Waals surface area contributed by atoms with Crippen molar-refractivity contribution in [2.75, 3.05) is 12.4 Å². The molecule has 0 saturated heterocycles. The number of aryl methyl sites for hydroxylation is 1. The molecule has 2 aromatic carbocycles. The van der Waals surface area contributed by atoms with E-state index in [2.05, 4.69) is 10.4 Å². The number of fused-ring (bicyclic) bond motifs is 3. The number of rotatable bonds is 4. The van der Waals surface area contributed by atoms with Crippen molar-refractivity contribution in [3.8, 4) is 5.75 Å². The number of carbonyl (C=O) groups excluding carboxylic acids is 1. The molecule has 0 aliphatic rings. The summed E-state index contributed by atoms with van der Waals surface area (Å²) in [6.07, 6.45) is 0. The third kappa shape index (κ3) is 2.93. The molecule has 1 atom stereocenters. The minimum absolute atomic E-state index is 0.263. The zero-order valence-electron chi connectivity index (χ0n) is 15.7. The van der Waals surface area contributed by atoms with Crippen LogP contribution in [0.15, 0.2) is 53.3 Å². The number of nitrogens with one attached hydrogen (secondary N) is 1. The summed E-state index contributed by atoms with van der Waals surface area (Å²) in [5.41, 5.74) is 1.02. The maximum absolute atomic E-state index is 13.2. The highest BCUT2D eigenvalue weighted by atomic mass is 32.1. The highest BCUT2D eigenvalue weighted by Gasteiger charge is 2.22. The molecule has 28 heavy (non-hydrogen) atoms. The Morgan fingerprint density at radius 1 is 1.18 bits per heavy atom. The van der Waals surface area contributed by atoms with Crippen LogP contribution in [0.5, 0.6) is 5.75 Å². The largest absolute Gasteiger partial charge is 0.495 e. The van der Waals surface area contributed by atoms with Crippen molar-refractivity contribution in [1.82, 2.24) is 9.78 Å². The van der Waals surface area contributed by atoms with E-state index in [0.717, 1.165) is 20.5 Å². The van der Waals surface area contributed by atoms with Crippen LogP contribution in [0.1, 0.15) is 18.7 Å². The topological polar surface area (TPSA) is 73.2 Å². The van der Waals surface area contributed by atoms with Gasteiger partial charge in [0.2, 0.25) is 5.91 Å². The number of hydrogen-bond donors (Lipinski definition) is 1. The van der Waals surface area contributed by atoms with E-state index in [4.69, 9.17) is 4.74 Å². The molecule has 0 saturated carbocycles. The fourth-order valence-electron chi connectivity index (χ4n) is 3.24. The third-order valence-electron chi connectivity index (χ3n) is 4.71. The highest BCUT2D eigenvalue weighted by Crippen LogP contribution is 2.33. The van der Waals surface area contributed by atoms with Crippen LogP contribution in [0, 0.1) is 6.92 Å². The number of para-hydroxylation sites is 2. The van der Waals surface area contributed by atoms with Crippen LogP contribution in [0.3, 0.4) is 0 Å². The summed E-state index contributed by atoms with van der Waals surface area (Å²) in [5.74, 6) is 0.219. The Kier molecular flexibility index (Phi) is 4.60. The molecule has 0 fully saturated rings. The van der Waals surface area contributed by atoms with Crippen LogP contribution in [0.2, 0.25) is 0 Å². The minimum Gasteiger partial charge on any atom is -0.495 e. The number of benzene rings is 2. The van der Waals surface area contributed by atoms with Crippen molar-refractivity contribution >= 4 is 43.1 Å². The van der Waals surface area contributed by atoms with Gasteiger partial charge in [0.05, 0.1) is 28.6 Å². The lowest BCUT2D eigenvalue weighted by Crippen LogP contribution is -2.33. The van der Waals surface area contributed by atoms with Crippen molar-refractivity contribution in [1.29, 1.82) is 0 Å². The Morgan fingerprint density at radius 3 is 2.68 bits per heavy atom. The number of hydrogen-bond acceptors (Lipinski definition) is 5. The second-order valence-corrected chi connectivity index (χ2v) is 7.56. The zero-order valence-corrected chi connectivity index (χ0v) is 16.5. The van der Waals surface area contributed by atoms with E-state index in [9.17, 15) is 9.59 Å². The molecule has 2 aromatic heterocycles. The van der Waals surface area contributed by atoms with Crippen molar-refractivity contribution in [2.24, 2.45) is 0 Å². The van der Waals surface area contributed by atoms with Crippen LogP contribution < -0.4 is 15.6 Å². The molecule has 142 valence electrons. The number of anilines is 1. The molecule has 1 amide bonds. The van der Waals surface area contributed by atoms with Gasteiger partial charge in [0.1, 0.15) is 11.8 Å². The van der Waals surface area contributed by atoms with Gasteiger partial charge in [-0.2, -0.15) is 5.10 Å². The SMILES string of the molecule is COc1ccccc1NC(=O)[C@@H](C)n1nc(C)c2sc3ccccc3c2c1=O. The number of methoxy groups -OCH3 is 1. The van der Waals surface area contributed by atoms with E-state index in [-0.39, 0.29) is 11.5 Å². The zero-order chi connectivity index (χ0) is 19.8. The Morgan fingerprint density at radius 2 is 1.89 bits per heavy atom. The van der Waals surface area contributed by atoms with E-state index in [1.807, 2.05) is 37.3 Å². The van der Waals surface area contributed by atoms with Crippen LogP contribution in [-0.2, 0) is 4.79 Å². The number of thiophene rings is 1. The standard InChI is InChI=1S/C21H19N3O3S/c1-12-19-18(14-8-4-7-11-17(14)28-19)21(26)24(23-12)13(2)20(25)22-15-9-5-6-10-16(15)27-3/h4-11,13H,1-3H3,(H,22,25)/t13-/m1/s1. The second kappa shape index (κ2) is 7.09. The van der Waals surface area contributed by atoms with E-state index < -0.39 is 6.04 Å². The molecule has 6 nitrogen and oxygen atoms in total. The number of aromatic nitrogens is 2. The molecule has 4 rings (SSSR count). The van der Waals surface area contributed by atoms with Crippen LogP contribution in [-0.4, -0.2) is 22.8 Å². The first kappa shape index (κ1) is 18.2. The van der Waals surface area contributed by atoms with Gasteiger partial charge in [0.15, 0.2) is 0 Å². The Balaban J connectivity index is 1.78. The first-order valence-corrected chi connectivity index (χ1v) is 9.67. The van der Waals surface area contributed by atoms with E-state index in [1.54, 1.807) is 43.6 Å². The molecule has 0 unspecified atom stereocenters. The molecule has 7 heteroatoms. The molecule has 0 radical (unpaired) electrons. The minimum atomic E-state index is -0.779. The van der Waals surface area contributed by atoms with Crippen LogP contribution >= 0.6 is 11.3 Å². The number of nitrogens with zero attached hydrogens (tertiary/aromatic N) is 2. The Bertz CT molecular complexity index is 1260. The number of ether oxygens (including phenoxy) is 1. The number of amides is 1. The quantitative estimate of drug-likeness (QED) is 0.566. The summed E-state index contributed by atoms with van der Waals surface area (Å²) in [6.45, 7) is 3.53. The maximum Gasteiger partial charge on any atom is 0.276 e. The summed E-state index contributed by atoms with van der Waals surface area (Å²) in [5, 5.41) is 8.76. The molecular formula is C21H19N3O3S. The molecule has 0 aliphatic carbocycles. The maximum atomic E-state index is 13.2. The molecule has 4 aromatic rings. The fourth-order valence-corrected chi connectivity index (χ4v) is 4.37. The average molecular weight is 393 g/mol. The van der Waals surface area contributed by atoms with Gasteiger partial charge in [-0.05, 0) is 32.0 Å². The van der Waals surface area contributed by atoms with E-state index in [1.165, 1.54) is 4.68 Å². The fraction of sp³-hybridized carbons (Fsp3) is 0.190. The van der Waals surface area contributed by atoms with Gasteiger partial charge >= 0.3 is 0 Å². The van der Waals surface area contributed by atoms with E-state index in [0.29, 0.717) is 16.8 Å². The summed E-state index contributed by atoms with van der Waals surface area (Å²) in [7, 11) is 1.54. The van der Waals surface area contributed by atoms with Crippen molar-refractivity contribution in [2.45, 2.75) is 19.9 Å². The predicted molar refractivity (Wildman–Crippen MR) is 112 cm³/mol. The van der Waals surface area contributed by atoms with Crippen LogP contribution in [0.4, 0.5) is 5.69 Å². The van der Waals surface area contributed by atoms with Gasteiger partial charge in [-0.15, -0.1) is 11.3 Å². The first-order chi connectivity index (χ1) is 13.5. The van der Waals surface area contributed by atoms with Crippen molar-refractivity contribution < 1.29 is 9.53 Å². The van der Waals surface area contributed by atoms with E-state index >= 15 is 0 Å². The van der Waals surface area contributed by atoms with Gasteiger partial charge in [0.25, 0.3) is 5.56 Å². The molecule has 0 bridgehead atoms. The molecular weight excluding hydrogens is 374 g/mol. The second-order valence-electron chi connectivity index (χ2n) is 6.50. The lowest BCUT2D eigenvalue weighted by molar-refractivity contribution is -0.119. The van der Waals surface area contributed by atoms with Crippen LogP contribution in [0.25, 0.3) is 20.2 Å². The lowest BCUT2D eigenvalue weighted by atomic mass is 10.2. The first-order valence-electron chi connectivity index (χ1n) is 8.86. The summed E-state index contributed by atoms with van der Waals surface area (Å²) in [6, 6.07) is 14.1. The number of carbonyl (C=O) groups is 1. The third-order valence-corrected chi connectivity index (χ3v) is 5.99. The Labute approximate surface area is 165 Å². The van der Waals surface area contributed by atoms with Gasteiger partial charge in [-0.25, -0.2) is 4.68 Å². The van der Waals surface area contributed by atoms with Gasteiger partial charge in [-0.1, -0.05) is 30.3 Å². The molecule has 0 spiro atoms. The smallest absolute Gasteiger partial charge is 0.276 e. The van der Waals surface area contributed by atoms with Gasteiger partial charge in [-0.3, -0.25) is 9.59 Å². The highest BCUT2D eigenvalue weighted by molar-refractivity contribution is 7.26. The lowest BCUT2D eigenvalue weighted by Gasteiger charge is -2.16. The molecule has 1 N–H and O–H groups in total. The van der Waals surface area contributed by atoms with Crippen molar-refractivity contribution in [3.05, 3.63) is 64.6 Å². The normalized spacial score (nSPS) is 12.2. The van der Waals surface area contributed by atoms with Gasteiger partial charge in [0, 0.05) is 10.1 Å². The molecule has 2 heterocycles. The monoisotopic (exact) mass is 393 g/mol. The summed E-state index contributed by atoms with van der Waals surface area (Å²) >= 11 is 1.55. The van der Waals surface area contributed by atoms with Gasteiger partial charge < -0.3 is 10.1 Å². The van der Waals surface area contributed by atoms with Crippen molar-refractivity contribution in [3.63, 3.8) is 0 Å². The molecule has 0 aliphatic heterocycles.